The van der Waals surface area contributed by atoms with Crippen molar-refractivity contribution in [2.45, 2.75) is 32.2 Å². The number of aromatic hydroxyl groups is 1. The number of pyridine rings is 1. The van der Waals surface area contributed by atoms with E-state index in [0.29, 0.717) is 47.0 Å². The number of phenols is 1. The second kappa shape index (κ2) is 9.51. The lowest BCUT2D eigenvalue weighted by Gasteiger charge is -2.27. The van der Waals surface area contributed by atoms with Gasteiger partial charge in [0.05, 0.1) is 33.3 Å². The molecule has 0 bridgehead atoms. The molecule has 1 N–H and O–H groups in total. The zero-order chi connectivity index (χ0) is 24.4. The van der Waals surface area contributed by atoms with E-state index in [1.54, 1.807) is 34.9 Å². The van der Waals surface area contributed by atoms with Gasteiger partial charge in [-0.05, 0) is 48.7 Å². The third-order valence-corrected chi connectivity index (χ3v) is 6.10. The summed E-state index contributed by atoms with van der Waals surface area (Å²) in [7, 11) is 4.55. The van der Waals surface area contributed by atoms with Gasteiger partial charge in [-0.2, -0.15) is 0 Å². The van der Waals surface area contributed by atoms with Gasteiger partial charge in [-0.1, -0.05) is 12.1 Å². The van der Waals surface area contributed by atoms with Gasteiger partial charge in [0.2, 0.25) is 5.75 Å². The molecule has 3 aromatic rings. The number of phenolic OH excluding ortho intramolecular Hbond substituents is 1. The van der Waals surface area contributed by atoms with E-state index in [1.165, 1.54) is 21.3 Å². The van der Waals surface area contributed by atoms with Crippen molar-refractivity contribution in [2.75, 3.05) is 21.3 Å². The van der Waals surface area contributed by atoms with Gasteiger partial charge >= 0.3 is 5.97 Å². The molecule has 0 spiro atoms. The Kier molecular flexibility index (Phi) is 6.49. The first kappa shape index (κ1) is 23.2. The van der Waals surface area contributed by atoms with Crippen molar-refractivity contribution in [1.29, 1.82) is 0 Å². The molecule has 0 amide bonds. The lowest BCUT2D eigenvalue weighted by atomic mass is 9.86. The summed E-state index contributed by atoms with van der Waals surface area (Å²) in [6.45, 7) is 2.26. The molecule has 1 atom stereocenters. The maximum Gasteiger partial charge on any atom is 0.312 e. The van der Waals surface area contributed by atoms with Gasteiger partial charge in [-0.15, -0.1) is 0 Å². The predicted molar refractivity (Wildman–Crippen MR) is 125 cm³/mol. The highest BCUT2D eigenvalue weighted by Crippen LogP contribution is 2.44. The smallest absolute Gasteiger partial charge is 0.312 e. The molecule has 2 heterocycles. The number of carbonyl (C=O) groups excluding carboxylic acids is 1. The molecule has 34 heavy (non-hydrogen) atoms. The molecule has 4 rings (SSSR count). The Morgan fingerprint density at radius 2 is 1.65 bits per heavy atom. The Hall–Kier alpha value is -3.94. The number of aromatic nitrogens is 1. The number of fused-ring (bicyclic) bond motifs is 1. The van der Waals surface area contributed by atoms with Crippen LogP contribution in [0.2, 0.25) is 0 Å². The van der Waals surface area contributed by atoms with E-state index in [4.69, 9.17) is 18.9 Å². The summed E-state index contributed by atoms with van der Waals surface area (Å²) < 4.78 is 23.5. The van der Waals surface area contributed by atoms with Gasteiger partial charge in [0.15, 0.2) is 11.5 Å². The fraction of sp³-hybridized carbons (Fsp3) is 0.308. The van der Waals surface area contributed by atoms with Crippen LogP contribution in [0.15, 0.2) is 47.3 Å². The number of carbonyl (C=O) groups is 1. The maximum absolute atomic E-state index is 13.7. The molecule has 178 valence electrons. The van der Waals surface area contributed by atoms with Crippen molar-refractivity contribution in [3.05, 3.63) is 75.2 Å². The van der Waals surface area contributed by atoms with E-state index in [9.17, 15) is 14.7 Å². The number of rotatable bonds is 7. The monoisotopic (exact) mass is 465 g/mol. The Bertz CT molecular complexity index is 1250. The first-order valence-electron chi connectivity index (χ1n) is 10.9. The van der Waals surface area contributed by atoms with Gasteiger partial charge in [-0.3, -0.25) is 9.59 Å². The zero-order valence-electron chi connectivity index (χ0n) is 19.6. The van der Waals surface area contributed by atoms with E-state index in [2.05, 4.69) is 0 Å². The van der Waals surface area contributed by atoms with E-state index < -0.39 is 11.9 Å². The maximum atomic E-state index is 13.7. The van der Waals surface area contributed by atoms with Crippen LogP contribution in [0.1, 0.15) is 34.7 Å². The molecule has 1 aromatic heterocycles. The highest BCUT2D eigenvalue weighted by Gasteiger charge is 2.33. The van der Waals surface area contributed by atoms with E-state index in [0.717, 1.165) is 5.56 Å². The third kappa shape index (κ3) is 4.31. The summed E-state index contributed by atoms with van der Waals surface area (Å²) >= 11 is 0. The summed E-state index contributed by atoms with van der Waals surface area (Å²) in [4.78, 5) is 26.1. The van der Waals surface area contributed by atoms with E-state index in [-0.39, 0.29) is 23.5 Å². The van der Waals surface area contributed by atoms with Crippen LogP contribution in [0.25, 0.3) is 0 Å². The highest BCUT2D eigenvalue weighted by atomic mass is 16.5. The van der Waals surface area contributed by atoms with E-state index in [1.807, 2.05) is 19.1 Å². The molecule has 8 heteroatoms. The highest BCUT2D eigenvalue weighted by molar-refractivity contribution is 5.78. The quantitative estimate of drug-likeness (QED) is 0.533. The fourth-order valence-electron chi connectivity index (χ4n) is 4.36. The minimum atomic E-state index is -0.530. The van der Waals surface area contributed by atoms with Gasteiger partial charge < -0.3 is 28.6 Å². The Labute approximate surface area is 197 Å². The van der Waals surface area contributed by atoms with Crippen molar-refractivity contribution in [3.8, 4) is 28.7 Å². The Balaban J connectivity index is 1.79. The van der Waals surface area contributed by atoms with Crippen molar-refractivity contribution in [3.63, 3.8) is 0 Å². The molecular weight excluding hydrogens is 438 g/mol. The van der Waals surface area contributed by atoms with Gasteiger partial charge in [-0.25, -0.2) is 0 Å². The van der Waals surface area contributed by atoms with Crippen LogP contribution in [0.5, 0.6) is 28.7 Å². The standard InChI is InChI=1S/C26H27NO7/c1-15-11-20-24(26(30)27(15)10-9-16-5-7-18(28)8-6-16)19(14-23(29)34-20)17-12-21(31-2)25(33-4)22(13-17)32-3/h5-8,11-13,19,28H,9-10,14H2,1-4H3/t19-/m0/s1. The number of hydrogen-bond donors (Lipinski definition) is 1. The lowest BCUT2D eigenvalue weighted by Crippen LogP contribution is -2.33. The van der Waals surface area contributed by atoms with Crippen molar-refractivity contribution in [2.24, 2.45) is 0 Å². The molecule has 0 saturated heterocycles. The molecule has 0 fully saturated rings. The zero-order valence-corrected chi connectivity index (χ0v) is 19.6. The number of ether oxygens (including phenoxy) is 4. The second-order valence-electron chi connectivity index (χ2n) is 8.13. The summed E-state index contributed by atoms with van der Waals surface area (Å²) in [6, 6.07) is 12.2. The summed E-state index contributed by atoms with van der Waals surface area (Å²) in [6.07, 6.45) is 0.621. The predicted octanol–water partition coefficient (Wildman–Crippen LogP) is 3.57. The lowest BCUT2D eigenvalue weighted by molar-refractivity contribution is -0.135. The SMILES string of the molecule is COc1cc([C@@H]2CC(=O)Oc3cc(C)n(CCc4ccc(O)cc4)c(=O)c32)cc(OC)c1OC. The Morgan fingerprint density at radius 1 is 1.00 bits per heavy atom. The fourth-order valence-corrected chi connectivity index (χ4v) is 4.36. The summed E-state index contributed by atoms with van der Waals surface area (Å²) in [5.41, 5.74) is 2.60. The van der Waals surface area contributed by atoms with Crippen LogP contribution in [-0.4, -0.2) is 37.0 Å². The van der Waals surface area contributed by atoms with Gasteiger partial charge in [0.1, 0.15) is 11.5 Å². The van der Waals surface area contributed by atoms with Crippen LogP contribution < -0.4 is 24.5 Å². The molecule has 2 aromatic carbocycles. The van der Waals surface area contributed by atoms with Crippen molar-refractivity contribution in [1.82, 2.24) is 4.57 Å². The molecule has 0 aliphatic carbocycles. The third-order valence-electron chi connectivity index (χ3n) is 6.10. The van der Waals surface area contributed by atoms with Crippen LogP contribution >= 0.6 is 0 Å². The summed E-state index contributed by atoms with van der Waals surface area (Å²) in [5.74, 6) is 0.848. The first-order valence-corrected chi connectivity index (χ1v) is 10.9. The average molecular weight is 466 g/mol. The largest absolute Gasteiger partial charge is 0.508 e. The summed E-state index contributed by atoms with van der Waals surface area (Å²) in [5, 5.41) is 9.51. The van der Waals surface area contributed by atoms with Crippen LogP contribution in [-0.2, 0) is 17.8 Å². The average Bonchev–Trinajstić information content (AvgIpc) is 2.83. The number of methoxy groups -OCH3 is 3. The topological polar surface area (TPSA) is 96.2 Å². The second-order valence-corrected chi connectivity index (χ2v) is 8.13. The van der Waals surface area contributed by atoms with Gasteiger partial charge in [0, 0.05) is 24.2 Å². The Morgan fingerprint density at radius 3 is 2.24 bits per heavy atom. The minimum absolute atomic E-state index is 0.0158. The van der Waals surface area contributed by atoms with E-state index >= 15 is 0 Å². The minimum Gasteiger partial charge on any atom is -0.508 e. The van der Waals surface area contributed by atoms with Gasteiger partial charge in [0.25, 0.3) is 5.56 Å². The van der Waals surface area contributed by atoms with Crippen LogP contribution in [0, 0.1) is 6.92 Å². The van der Waals surface area contributed by atoms with Crippen LogP contribution in [0.4, 0.5) is 0 Å². The first-order chi connectivity index (χ1) is 16.4. The molecule has 0 radical (unpaired) electrons. The number of aryl methyl sites for hydroxylation is 2. The van der Waals surface area contributed by atoms with Crippen LogP contribution in [0.3, 0.4) is 0 Å². The number of benzene rings is 2. The molecule has 0 saturated carbocycles. The van der Waals surface area contributed by atoms with Crippen molar-refractivity contribution < 1.29 is 28.8 Å². The molecule has 1 aliphatic rings. The molecular formula is C26H27NO7. The molecule has 0 unspecified atom stereocenters. The van der Waals surface area contributed by atoms with Crippen molar-refractivity contribution >= 4 is 5.97 Å². The normalized spacial score (nSPS) is 14.8. The number of hydrogen-bond acceptors (Lipinski definition) is 7. The number of nitrogens with zero attached hydrogens (tertiary/aromatic N) is 1. The number of esters is 1. The molecule has 1 aliphatic heterocycles. The molecule has 8 nitrogen and oxygen atoms in total.